The molecule has 47 heavy (non-hydrogen) atoms. The van der Waals surface area contributed by atoms with Gasteiger partial charge in [-0.3, -0.25) is 10.1 Å². The van der Waals surface area contributed by atoms with Crippen LogP contribution in [-0.4, -0.2) is 47.8 Å². The van der Waals surface area contributed by atoms with Crippen molar-refractivity contribution < 1.29 is 9.59 Å². The van der Waals surface area contributed by atoms with Crippen LogP contribution in [0.2, 0.25) is 0 Å². The van der Waals surface area contributed by atoms with Crippen molar-refractivity contribution >= 4 is 29.0 Å². The lowest BCUT2D eigenvalue weighted by Crippen LogP contribution is -2.32. The normalized spacial score (nSPS) is 14.4. The lowest BCUT2D eigenvalue weighted by Gasteiger charge is -2.32. The number of nitrogens with zero attached hydrogens (tertiary/aromatic N) is 3. The first kappa shape index (κ1) is 33.9. The third kappa shape index (κ3) is 8.30. The number of hydrogen-bond acceptors (Lipinski definition) is 5. The molecule has 3 N–H and O–H groups in total. The number of anilines is 3. The number of benzene rings is 3. The molecule has 1 atom stereocenters. The first-order valence-corrected chi connectivity index (χ1v) is 17.0. The van der Waals surface area contributed by atoms with Gasteiger partial charge in [-0.1, -0.05) is 56.7 Å². The molecule has 1 fully saturated rings. The molecule has 0 aliphatic carbocycles. The summed E-state index contributed by atoms with van der Waals surface area (Å²) in [5.74, 6) is 0.996. The maximum atomic E-state index is 13.8. The van der Waals surface area contributed by atoms with Crippen LogP contribution in [0.4, 0.5) is 22.0 Å². The largest absolute Gasteiger partial charge is 0.372 e. The third-order valence-electron chi connectivity index (χ3n) is 9.28. The van der Waals surface area contributed by atoms with Gasteiger partial charge in [0, 0.05) is 47.9 Å². The number of nitrogens with one attached hydrogen (secondary N) is 3. The molecule has 1 saturated heterocycles. The summed E-state index contributed by atoms with van der Waals surface area (Å²) in [6, 6.07) is 25.6. The highest BCUT2D eigenvalue weighted by atomic mass is 16.2. The highest BCUT2D eigenvalue weighted by Crippen LogP contribution is 2.39. The van der Waals surface area contributed by atoms with E-state index in [0.717, 1.165) is 78.5 Å². The van der Waals surface area contributed by atoms with E-state index in [0.29, 0.717) is 18.2 Å². The van der Waals surface area contributed by atoms with Crippen molar-refractivity contribution in [1.82, 2.24) is 15.1 Å². The fraction of sp³-hybridized carbons (Fsp3) is 0.410. The molecule has 0 spiro atoms. The number of amides is 2. The third-order valence-corrected chi connectivity index (χ3v) is 9.28. The zero-order valence-electron chi connectivity index (χ0n) is 28.8. The zero-order valence-corrected chi connectivity index (χ0v) is 28.8. The highest BCUT2D eigenvalue weighted by molar-refractivity contribution is 6.00. The number of ketones is 1. The SMILES string of the molecule is CCN(CC)c1ccc(C(=O)CC(c2ccccc2NC(=O)Nc2cc(C(C)(C)C)nn2-c2ccc(C)cc2)C2CCNCC2)cc1. The Bertz CT molecular complexity index is 1640. The van der Waals surface area contributed by atoms with E-state index in [1.807, 2.05) is 79.7 Å². The Morgan fingerprint density at radius 2 is 1.60 bits per heavy atom. The maximum Gasteiger partial charge on any atom is 0.324 e. The van der Waals surface area contributed by atoms with Gasteiger partial charge in [0.15, 0.2) is 5.78 Å². The molecule has 0 saturated carbocycles. The van der Waals surface area contributed by atoms with Crippen LogP contribution in [0, 0.1) is 12.8 Å². The minimum Gasteiger partial charge on any atom is -0.372 e. The van der Waals surface area contributed by atoms with Gasteiger partial charge in [-0.05, 0) is 107 Å². The van der Waals surface area contributed by atoms with Gasteiger partial charge in [-0.15, -0.1) is 0 Å². The van der Waals surface area contributed by atoms with Gasteiger partial charge in [0.1, 0.15) is 5.82 Å². The van der Waals surface area contributed by atoms with E-state index in [-0.39, 0.29) is 23.1 Å². The second-order valence-electron chi connectivity index (χ2n) is 13.6. The zero-order chi connectivity index (χ0) is 33.6. The van der Waals surface area contributed by atoms with E-state index in [2.05, 4.69) is 61.5 Å². The quantitative estimate of drug-likeness (QED) is 0.144. The monoisotopic (exact) mass is 634 g/mol. The minimum absolute atomic E-state index is 0.0332. The molecular weight excluding hydrogens is 584 g/mol. The summed E-state index contributed by atoms with van der Waals surface area (Å²) < 4.78 is 1.79. The second kappa shape index (κ2) is 15.0. The van der Waals surface area contributed by atoms with Crippen molar-refractivity contribution in [2.45, 2.75) is 72.1 Å². The van der Waals surface area contributed by atoms with Gasteiger partial charge in [0.25, 0.3) is 0 Å². The number of aromatic nitrogens is 2. The topological polar surface area (TPSA) is 91.3 Å². The Balaban J connectivity index is 1.40. The molecule has 1 unspecified atom stereocenters. The smallest absolute Gasteiger partial charge is 0.324 e. The molecule has 8 heteroatoms. The lowest BCUT2D eigenvalue weighted by atomic mass is 9.76. The summed E-state index contributed by atoms with van der Waals surface area (Å²) in [5, 5.41) is 14.5. The Hall–Kier alpha value is -4.43. The van der Waals surface area contributed by atoms with Crippen LogP contribution in [0.3, 0.4) is 0 Å². The lowest BCUT2D eigenvalue weighted by molar-refractivity contribution is 0.0959. The molecule has 0 bridgehead atoms. The van der Waals surface area contributed by atoms with E-state index in [4.69, 9.17) is 5.10 Å². The Labute approximate surface area is 280 Å². The van der Waals surface area contributed by atoms with Gasteiger partial charge in [0.05, 0.1) is 11.4 Å². The van der Waals surface area contributed by atoms with Gasteiger partial charge < -0.3 is 15.5 Å². The molecule has 8 nitrogen and oxygen atoms in total. The maximum absolute atomic E-state index is 13.8. The van der Waals surface area contributed by atoms with Gasteiger partial charge in [-0.2, -0.15) is 5.10 Å². The molecule has 248 valence electrons. The van der Waals surface area contributed by atoms with Crippen LogP contribution in [-0.2, 0) is 5.41 Å². The molecule has 3 aromatic carbocycles. The number of urea groups is 1. The first-order chi connectivity index (χ1) is 22.6. The number of carbonyl (C=O) groups is 2. The average molecular weight is 635 g/mol. The Morgan fingerprint density at radius 1 is 0.936 bits per heavy atom. The van der Waals surface area contributed by atoms with E-state index in [1.165, 1.54) is 0 Å². The average Bonchev–Trinajstić information content (AvgIpc) is 3.50. The number of carbonyl (C=O) groups excluding carboxylic acids is 2. The number of hydrogen-bond donors (Lipinski definition) is 3. The van der Waals surface area contributed by atoms with Gasteiger partial charge in [0.2, 0.25) is 0 Å². The molecule has 4 aromatic rings. The summed E-state index contributed by atoms with van der Waals surface area (Å²) in [7, 11) is 0. The van der Waals surface area contributed by atoms with Gasteiger partial charge >= 0.3 is 6.03 Å². The molecule has 1 aromatic heterocycles. The fourth-order valence-corrected chi connectivity index (χ4v) is 6.47. The molecule has 1 aliphatic rings. The van der Waals surface area contributed by atoms with Crippen LogP contribution >= 0.6 is 0 Å². The van der Waals surface area contributed by atoms with E-state index in [1.54, 1.807) is 4.68 Å². The van der Waals surface area contributed by atoms with Gasteiger partial charge in [-0.25, -0.2) is 9.48 Å². The number of rotatable bonds is 11. The van der Waals surface area contributed by atoms with Crippen molar-refractivity contribution in [2.24, 2.45) is 5.92 Å². The summed E-state index contributed by atoms with van der Waals surface area (Å²) in [6.45, 7) is 16.3. The van der Waals surface area contributed by atoms with E-state index >= 15 is 0 Å². The Kier molecular flexibility index (Phi) is 10.8. The van der Waals surface area contributed by atoms with E-state index < -0.39 is 0 Å². The van der Waals surface area contributed by atoms with Crippen LogP contribution in [0.5, 0.6) is 0 Å². The highest BCUT2D eigenvalue weighted by Gasteiger charge is 2.30. The van der Waals surface area contributed by atoms with Crippen LogP contribution in [0.25, 0.3) is 5.69 Å². The summed E-state index contributed by atoms with van der Waals surface area (Å²) in [5.41, 5.74) is 6.26. The molecule has 2 amide bonds. The predicted molar refractivity (Wildman–Crippen MR) is 193 cm³/mol. The molecule has 0 radical (unpaired) electrons. The van der Waals surface area contributed by atoms with Crippen LogP contribution < -0.4 is 20.9 Å². The molecule has 1 aliphatic heterocycles. The number of piperidine rings is 1. The van der Waals surface area contributed by atoms with Crippen molar-refractivity contribution in [1.29, 1.82) is 0 Å². The van der Waals surface area contributed by atoms with Crippen molar-refractivity contribution in [3.63, 3.8) is 0 Å². The van der Waals surface area contributed by atoms with Crippen LogP contribution in [0.1, 0.15) is 87.0 Å². The fourth-order valence-electron chi connectivity index (χ4n) is 6.47. The molecule has 5 rings (SSSR count). The second-order valence-corrected chi connectivity index (χ2v) is 13.6. The predicted octanol–water partition coefficient (Wildman–Crippen LogP) is 8.32. The Morgan fingerprint density at radius 3 is 2.23 bits per heavy atom. The van der Waals surface area contributed by atoms with Crippen molar-refractivity contribution in [2.75, 3.05) is 41.7 Å². The summed E-state index contributed by atoms with van der Waals surface area (Å²) in [4.78, 5) is 29.7. The van der Waals surface area contributed by atoms with Crippen molar-refractivity contribution in [3.8, 4) is 5.69 Å². The standard InChI is InChI=1S/C39H50N6O2/c1-7-44(8-2)30-19-15-29(16-20-30)35(46)25-33(28-21-23-40-24-22-28)32-11-9-10-12-34(32)41-38(47)42-37-26-36(39(4,5)6)43-45(37)31-17-13-27(3)14-18-31/h9-20,26,28,33,40H,7-8,21-25H2,1-6H3,(H2,41,42,47). The van der Waals surface area contributed by atoms with Crippen molar-refractivity contribution in [3.05, 3.63) is 101 Å². The van der Waals surface area contributed by atoms with E-state index in [9.17, 15) is 9.59 Å². The number of para-hydroxylation sites is 1. The van der Waals surface area contributed by atoms with Crippen LogP contribution in [0.15, 0.2) is 78.9 Å². The molecular formula is C39H50N6O2. The number of aryl methyl sites for hydroxylation is 1. The summed E-state index contributed by atoms with van der Waals surface area (Å²) >= 11 is 0. The molecule has 2 heterocycles. The minimum atomic E-state index is -0.353. The summed E-state index contributed by atoms with van der Waals surface area (Å²) in [6.07, 6.45) is 2.33. The number of Topliss-reactive ketones (excluding diaryl/α,β-unsaturated/α-hetero) is 1. The first-order valence-electron chi connectivity index (χ1n) is 17.0.